The molecule has 0 aromatic carbocycles. The van der Waals surface area contributed by atoms with Crippen molar-refractivity contribution in [2.75, 3.05) is 6.54 Å². The molecule has 2 aliphatic rings. The fourth-order valence-electron chi connectivity index (χ4n) is 2.79. The smallest absolute Gasteiger partial charge is 0.209 e. The van der Waals surface area contributed by atoms with Crippen LogP contribution in [0, 0.1) is 5.92 Å². The van der Waals surface area contributed by atoms with Crippen molar-refractivity contribution in [2.45, 2.75) is 44.6 Å². The molecule has 2 atom stereocenters. The quantitative estimate of drug-likeness (QED) is 0.624. The lowest BCUT2D eigenvalue weighted by atomic mass is 9.89. The van der Waals surface area contributed by atoms with E-state index in [-0.39, 0.29) is 12.0 Å². The molecule has 1 heterocycles. The maximum Gasteiger partial charge on any atom is 0.209 e. The highest BCUT2D eigenvalue weighted by atomic mass is 16.1. The fourth-order valence-corrected chi connectivity index (χ4v) is 2.79. The first kappa shape index (κ1) is 9.69. The Kier molecular flexibility index (Phi) is 2.85. The predicted molar refractivity (Wildman–Crippen MR) is 52.8 cm³/mol. The second kappa shape index (κ2) is 4.11. The molecule has 1 aliphatic carbocycles. The number of carbonyl (C=O) groups is 2. The summed E-state index contributed by atoms with van der Waals surface area (Å²) >= 11 is 0. The molecule has 78 valence electrons. The Morgan fingerprint density at radius 3 is 2.71 bits per heavy atom. The lowest BCUT2D eigenvalue weighted by Crippen LogP contribution is -2.44. The minimum Gasteiger partial charge on any atom is -0.342 e. The van der Waals surface area contributed by atoms with Gasteiger partial charge in [-0.3, -0.25) is 9.59 Å². The van der Waals surface area contributed by atoms with Crippen molar-refractivity contribution in [1.29, 1.82) is 0 Å². The number of carbonyl (C=O) groups excluding carboxylic acids is 2. The molecular formula is C11H17NO2. The Hall–Kier alpha value is -0.860. The molecule has 2 rings (SSSR count). The highest BCUT2D eigenvalue weighted by Crippen LogP contribution is 2.31. The van der Waals surface area contributed by atoms with Crippen molar-refractivity contribution in [1.82, 2.24) is 4.90 Å². The van der Waals surface area contributed by atoms with Crippen LogP contribution >= 0.6 is 0 Å². The molecule has 1 amide bonds. The summed E-state index contributed by atoms with van der Waals surface area (Å²) in [5.41, 5.74) is 0. The summed E-state index contributed by atoms with van der Waals surface area (Å²) in [4.78, 5) is 24.3. The van der Waals surface area contributed by atoms with Gasteiger partial charge in [-0.25, -0.2) is 0 Å². The van der Waals surface area contributed by atoms with E-state index in [1.165, 1.54) is 6.42 Å². The number of hydrogen-bond acceptors (Lipinski definition) is 2. The molecule has 0 radical (unpaired) electrons. The lowest BCUT2D eigenvalue weighted by Gasteiger charge is -2.35. The monoisotopic (exact) mass is 195 g/mol. The highest BCUT2D eigenvalue weighted by Gasteiger charge is 2.36. The van der Waals surface area contributed by atoms with Gasteiger partial charge in [-0.15, -0.1) is 0 Å². The van der Waals surface area contributed by atoms with Crippen LogP contribution in [0.25, 0.3) is 0 Å². The molecule has 3 heteroatoms. The van der Waals surface area contributed by atoms with E-state index in [0.29, 0.717) is 5.78 Å². The largest absolute Gasteiger partial charge is 0.342 e. The highest BCUT2D eigenvalue weighted by molar-refractivity contribution is 5.83. The van der Waals surface area contributed by atoms with Crippen molar-refractivity contribution in [3.63, 3.8) is 0 Å². The average molecular weight is 195 g/mol. The van der Waals surface area contributed by atoms with Gasteiger partial charge < -0.3 is 4.90 Å². The van der Waals surface area contributed by atoms with Crippen molar-refractivity contribution in [3.8, 4) is 0 Å². The van der Waals surface area contributed by atoms with Gasteiger partial charge in [-0.05, 0) is 32.1 Å². The number of rotatable bonds is 2. The van der Waals surface area contributed by atoms with Gasteiger partial charge in [0.1, 0.15) is 5.78 Å². The molecule has 0 aromatic heterocycles. The van der Waals surface area contributed by atoms with Crippen LogP contribution in [0.5, 0.6) is 0 Å². The lowest BCUT2D eigenvalue weighted by molar-refractivity contribution is -0.127. The molecule has 0 bridgehead atoms. The van der Waals surface area contributed by atoms with Gasteiger partial charge in [0, 0.05) is 24.9 Å². The third kappa shape index (κ3) is 1.68. The van der Waals surface area contributed by atoms with E-state index in [4.69, 9.17) is 0 Å². The van der Waals surface area contributed by atoms with Crippen LogP contribution in [-0.4, -0.2) is 29.7 Å². The molecule has 0 spiro atoms. The van der Waals surface area contributed by atoms with Gasteiger partial charge in [0.25, 0.3) is 0 Å². The zero-order chi connectivity index (χ0) is 9.97. The number of likely N-dealkylation sites (tertiary alicyclic amines) is 1. The maximum atomic E-state index is 11.6. The Bertz CT molecular complexity index is 239. The summed E-state index contributed by atoms with van der Waals surface area (Å²) in [6.07, 6.45) is 6.95. The summed E-state index contributed by atoms with van der Waals surface area (Å²) in [5, 5.41) is 0. The normalized spacial score (nSPS) is 33.4. The predicted octanol–water partition coefficient (Wildman–Crippen LogP) is 1.37. The van der Waals surface area contributed by atoms with E-state index < -0.39 is 0 Å². The molecule has 3 nitrogen and oxygen atoms in total. The summed E-state index contributed by atoms with van der Waals surface area (Å²) in [6, 6.07) is 0.219. The zero-order valence-electron chi connectivity index (χ0n) is 8.45. The van der Waals surface area contributed by atoms with Crippen LogP contribution in [0.4, 0.5) is 0 Å². The summed E-state index contributed by atoms with van der Waals surface area (Å²) in [5.74, 6) is 0.532. The van der Waals surface area contributed by atoms with Crippen LogP contribution < -0.4 is 0 Å². The third-order valence-electron chi connectivity index (χ3n) is 3.54. The number of nitrogens with zero attached hydrogens (tertiary/aromatic N) is 1. The Balaban J connectivity index is 2.06. The van der Waals surface area contributed by atoms with Gasteiger partial charge in [0.15, 0.2) is 0 Å². The molecule has 2 unspecified atom stereocenters. The molecule has 0 aromatic rings. The number of amides is 1. The molecule has 14 heavy (non-hydrogen) atoms. The van der Waals surface area contributed by atoms with Crippen LogP contribution in [0.2, 0.25) is 0 Å². The first-order valence-corrected chi connectivity index (χ1v) is 5.56. The van der Waals surface area contributed by atoms with Gasteiger partial charge in [-0.2, -0.15) is 0 Å². The van der Waals surface area contributed by atoms with Gasteiger partial charge in [-0.1, -0.05) is 0 Å². The molecule has 1 saturated carbocycles. The zero-order valence-corrected chi connectivity index (χ0v) is 8.45. The molecule has 2 fully saturated rings. The number of piperidine rings is 1. The average Bonchev–Trinajstić information content (AvgIpc) is 2.64. The van der Waals surface area contributed by atoms with Gasteiger partial charge in [0.05, 0.1) is 0 Å². The van der Waals surface area contributed by atoms with E-state index in [9.17, 15) is 9.59 Å². The summed E-state index contributed by atoms with van der Waals surface area (Å²) < 4.78 is 0. The van der Waals surface area contributed by atoms with E-state index in [2.05, 4.69) is 0 Å². The van der Waals surface area contributed by atoms with Crippen molar-refractivity contribution in [3.05, 3.63) is 0 Å². The Morgan fingerprint density at radius 1 is 1.21 bits per heavy atom. The third-order valence-corrected chi connectivity index (χ3v) is 3.54. The number of ketones is 1. The minimum absolute atomic E-state index is 0.153. The molecule has 0 N–H and O–H groups in total. The fraction of sp³-hybridized carbons (Fsp3) is 0.818. The van der Waals surface area contributed by atoms with E-state index in [1.807, 2.05) is 4.90 Å². The standard InChI is InChI=1S/C11H17NO2/c13-8-12-7-2-1-5-10(12)9-4-3-6-11(9)14/h8-10H,1-7H2. The topological polar surface area (TPSA) is 37.4 Å². The van der Waals surface area contributed by atoms with Crippen LogP contribution in [0.15, 0.2) is 0 Å². The Morgan fingerprint density at radius 2 is 2.07 bits per heavy atom. The number of hydrogen-bond donors (Lipinski definition) is 0. The second-order valence-corrected chi connectivity index (χ2v) is 4.37. The van der Waals surface area contributed by atoms with Crippen molar-refractivity contribution >= 4 is 12.2 Å². The van der Waals surface area contributed by atoms with E-state index in [0.717, 1.165) is 45.1 Å². The maximum absolute atomic E-state index is 11.6. The van der Waals surface area contributed by atoms with Crippen LogP contribution in [-0.2, 0) is 9.59 Å². The first-order chi connectivity index (χ1) is 6.83. The second-order valence-electron chi connectivity index (χ2n) is 4.37. The number of Topliss-reactive ketones (excluding diaryl/α,β-unsaturated/α-hetero) is 1. The molecular weight excluding hydrogens is 178 g/mol. The van der Waals surface area contributed by atoms with Crippen LogP contribution in [0.3, 0.4) is 0 Å². The van der Waals surface area contributed by atoms with Gasteiger partial charge in [0.2, 0.25) is 6.41 Å². The summed E-state index contributed by atoms with van der Waals surface area (Å²) in [7, 11) is 0. The van der Waals surface area contributed by atoms with Crippen molar-refractivity contribution in [2.24, 2.45) is 5.92 Å². The van der Waals surface area contributed by atoms with Gasteiger partial charge >= 0.3 is 0 Å². The Labute approximate surface area is 84.5 Å². The minimum atomic E-state index is 0.153. The first-order valence-electron chi connectivity index (χ1n) is 5.56. The molecule has 1 saturated heterocycles. The molecule has 1 aliphatic heterocycles. The summed E-state index contributed by atoms with van der Waals surface area (Å²) in [6.45, 7) is 0.845. The SMILES string of the molecule is O=CN1CCCCC1C1CCCC1=O. The van der Waals surface area contributed by atoms with E-state index >= 15 is 0 Å². The van der Waals surface area contributed by atoms with E-state index in [1.54, 1.807) is 0 Å². The van der Waals surface area contributed by atoms with Crippen LogP contribution in [0.1, 0.15) is 38.5 Å². The van der Waals surface area contributed by atoms with Crippen molar-refractivity contribution < 1.29 is 9.59 Å².